The number of fused-ring (bicyclic) bond motifs is 4. The number of aromatic amines is 1. The van der Waals surface area contributed by atoms with Crippen LogP contribution in [0.15, 0.2) is 36.4 Å². The third-order valence-electron chi connectivity index (χ3n) is 6.44. The zero-order valence-corrected chi connectivity index (χ0v) is 18.1. The molecule has 0 bridgehead atoms. The minimum atomic E-state index is -3.09. The van der Waals surface area contributed by atoms with Gasteiger partial charge in [0.1, 0.15) is 0 Å². The van der Waals surface area contributed by atoms with E-state index in [0.29, 0.717) is 28.8 Å². The van der Waals surface area contributed by atoms with Crippen molar-refractivity contribution in [3.05, 3.63) is 64.3 Å². The van der Waals surface area contributed by atoms with Crippen molar-refractivity contribution in [1.29, 1.82) is 0 Å². The number of nitrogen functional groups attached to an aromatic ring is 1. The van der Waals surface area contributed by atoms with Crippen LogP contribution in [0.4, 0.5) is 5.69 Å². The molecule has 1 aliphatic heterocycles. The van der Waals surface area contributed by atoms with Gasteiger partial charge in [-0.1, -0.05) is 19.9 Å². The Morgan fingerprint density at radius 3 is 2.68 bits per heavy atom. The lowest BCUT2D eigenvalue weighted by molar-refractivity contribution is 0.0939. The number of hydrogen-bond donors (Lipinski definition) is 3. The molecule has 31 heavy (non-hydrogen) atoms. The molecule has 7 nitrogen and oxygen atoms in total. The van der Waals surface area contributed by atoms with Gasteiger partial charge in [-0.3, -0.25) is 9.59 Å². The minimum absolute atomic E-state index is 0.0325. The fourth-order valence-corrected chi connectivity index (χ4v) is 6.44. The van der Waals surface area contributed by atoms with E-state index in [4.69, 9.17) is 5.73 Å². The maximum atomic E-state index is 13.4. The van der Waals surface area contributed by atoms with E-state index in [0.717, 1.165) is 22.2 Å². The minimum Gasteiger partial charge on any atom is -0.399 e. The summed E-state index contributed by atoms with van der Waals surface area (Å²) < 4.78 is 23.4. The van der Waals surface area contributed by atoms with E-state index in [1.54, 1.807) is 24.3 Å². The summed E-state index contributed by atoms with van der Waals surface area (Å²) in [5.74, 6) is -0.357. The lowest BCUT2D eigenvalue weighted by Gasteiger charge is -2.32. The Morgan fingerprint density at radius 2 is 1.97 bits per heavy atom. The number of benzene rings is 2. The average Bonchev–Trinajstić information content (AvgIpc) is 3.25. The van der Waals surface area contributed by atoms with Crippen LogP contribution < -0.4 is 11.1 Å². The molecule has 5 rings (SSSR count). The number of anilines is 1. The summed E-state index contributed by atoms with van der Waals surface area (Å²) in [6.45, 7) is 4.03. The molecule has 0 saturated carbocycles. The molecule has 1 aromatic heterocycles. The molecule has 1 amide bonds. The first-order valence-corrected chi connectivity index (χ1v) is 12.0. The van der Waals surface area contributed by atoms with Crippen molar-refractivity contribution >= 4 is 38.1 Å². The Balaban J connectivity index is 1.55. The highest BCUT2D eigenvalue weighted by Gasteiger charge is 2.40. The SMILES string of the molecule is CC1(C)c2cc(C(=O)NC3CCS(=O)(=O)C3)ccc2C(=O)c2c1[nH]c1cc(N)ccc21. The number of aromatic nitrogens is 1. The maximum absolute atomic E-state index is 13.4. The van der Waals surface area contributed by atoms with Crippen molar-refractivity contribution in [2.45, 2.75) is 31.7 Å². The number of ketones is 1. The fourth-order valence-electron chi connectivity index (χ4n) is 4.77. The summed E-state index contributed by atoms with van der Waals surface area (Å²) >= 11 is 0. The molecule has 1 atom stereocenters. The standard InChI is InChI=1S/C23H23N3O4S/c1-23(2)17-9-12(22(28)25-14-7-8-31(29,30)11-14)3-5-15(17)20(27)19-16-6-4-13(24)10-18(16)26-21(19)23/h3-6,9-10,14,26H,7-8,11,24H2,1-2H3,(H,25,28). The quantitative estimate of drug-likeness (QED) is 0.532. The van der Waals surface area contributed by atoms with Crippen LogP contribution >= 0.6 is 0 Å². The molecule has 0 radical (unpaired) electrons. The van der Waals surface area contributed by atoms with Gasteiger partial charge in [-0.25, -0.2) is 8.42 Å². The van der Waals surface area contributed by atoms with E-state index in [2.05, 4.69) is 10.3 Å². The predicted molar refractivity (Wildman–Crippen MR) is 119 cm³/mol. The second-order valence-corrected chi connectivity index (χ2v) is 11.2. The van der Waals surface area contributed by atoms with Gasteiger partial charge >= 0.3 is 0 Å². The molecular formula is C23H23N3O4S. The van der Waals surface area contributed by atoms with Crippen molar-refractivity contribution in [2.24, 2.45) is 0 Å². The Hall–Kier alpha value is -3.13. The van der Waals surface area contributed by atoms with Crippen LogP contribution in [-0.2, 0) is 15.3 Å². The Kier molecular flexibility index (Phi) is 4.11. The van der Waals surface area contributed by atoms with Gasteiger partial charge in [-0.15, -0.1) is 0 Å². The zero-order valence-electron chi connectivity index (χ0n) is 17.3. The zero-order chi connectivity index (χ0) is 22.1. The van der Waals surface area contributed by atoms with Crippen LogP contribution in [0, 0.1) is 0 Å². The van der Waals surface area contributed by atoms with Crippen LogP contribution in [0.3, 0.4) is 0 Å². The summed E-state index contributed by atoms with van der Waals surface area (Å²) in [7, 11) is -3.09. The van der Waals surface area contributed by atoms with E-state index in [9.17, 15) is 18.0 Å². The molecule has 1 saturated heterocycles. The van der Waals surface area contributed by atoms with E-state index >= 15 is 0 Å². The van der Waals surface area contributed by atoms with Crippen LogP contribution in [0.5, 0.6) is 0 Å². The molecule has 2 heterocycles. The van der Waals surface area contributed by atoms with Crippen LogP contribution in [-0.4, -0.2) is 42.6 Å². The number of H-pyrrole nitrogens is 1. The highest BCUT2D eigenvalue weighted by molar-refractivity contribution is 7.91. The fraction of sp³-hybridized carbons (Fsp3) is 0.304. The van der Waals surface area contributed by atoms with Crippen molar-refractivity contribution in [3.63, 3.8) is 0 Å². The van der Waals surface area contributed by atoms with E-state index < -0.39 is 15.3 Å². The third-order valence-corrected chi connectivity index (χ3v) is 8.21. The van der Waals surface area contributed by atoms with Crippen molar-refractivity contribution in [2.75, 3.05) is 17.2 Å². The van der Waals surface area contributed by atoms with E-state index in [-0.39, 0.29) is 29.2 Å². The van der Waals surface area contributed by atoms with Crippen LogP contribution in [0.1, 0.15) is 57.8 Å². The summed E-state index contributed by atoms with van der Waals surface area (Å²) in [4.78, 5) is 29.5. The highest BCUT2D eigenvalue weighted by atomic mass is 32.2. The van der Waals surface area contributed by atoms with Crippen molar-refractivity contribution < 1.29 is 18.0 Å². The second kappa shape index (κ2) is 6.43. The smallest absolute Gasteiger partial charge is 0.251 e. The van der Waals surface area contributed by atoms with Gasteiger partial charge in [0.05, 0.1) is 17.1 Å². The topological polar surface area (TPSA) is 122 Å². The molecule has 0 spiro atoms. The van der Waals surface area contributed by atoms with Gasteiger partial charge in [-0.05, 0) is 42.3 Å². The number of hydrogen-bond acceptors (Lipinski definition) is 5. The number of carbonyl (C=O) groups excluding carboxylic acids is 2. The largest absolute Gasteiger partial charge is 0.399 e. The average molecular weight is 438 g/mol. The van der Waals surface area contributed by atoms with Crippen molar-refractivity contribution in [3.8, 4) is 0 Å². The number of nitrogens with one attached hydrogen (secondary N) is 2. The number of amides is 1. The number of nitrogens with two attached hydrogens (primary N) is 1. The normalized spacial score (nSPS) is 21.0. The molecule has 3 aromatic rings. The lowest BCUT2D eigenvalue weighted by Crippen LogP contribution is -2.36. The summed E-state index contributed by atoms with van der Waals surface area (Å²) in [5.41, 5.74) is 9.97. The molecule has 8 heteroatoms. The third kappa shape index (κ3) is 3.05. The molecule has 1 fully saturated rings. The molecule has 2 aromatic carbocycles. The monoisotopic (exact) mass is 437 g/mol. The first-order chi connectivity index (χ1) is 14.6. The number of carbonyl (C=O) groups is 2. The van der Waals surface area contributed by atoms with Gasteiger partial charge < -0.3 is 16.0 Å². The first kappa shape index (κ1) is 19.8. The molecular weight excluding hydrogens is 414 g/mol. The number of sulfone groups is 1. The van der Waals surface area contributed by atoms with Gasteiger partial charge in [0.25, 0.3) is 5.91 Å². The maximum Gasteiger partial charge on any atom is 0.251 e. The molecule has 4 N–H and O–H groups in total. The van der Waals surface area contributed by atoms with Gasteiger partial charge in [-0.2, -0.15) is 0 Å². The Morgan fingerprint density at radius 1 is 1.19 bits per heavy atom. The number of rotatable bonds is 2. The Bertz CT molecular complexity index is 1390. The molecule has 1 unspecified atom stereocenters. The van der Waals surface area contributed by atoms with E-state index in [1.165, 1.54) is 0 Å². The summed E-state index contributed by atoms with van der Waals surface area (Å²) in [6, 6.07) is 10.1. The summed E-state index contributed by atoms with van der Waals surface area (Å²) in [5, 5.41) is 3.65. The van der Waals surface area contributed by atoms with Crippen LogP contribution in [0.2, 0.25) is 0 Å². The first-order valence-electron chi connectivity index (χ1n) is 10.2. The van der Waals surface area contributed by atoms with Gasteiger partial charge in [0.15, 0.2) is 15.6 Å². The van der Waals surface area contributed by atoms with Crippen LogP contribution in [0.25, 0.3) is 10.9 Å². The van der Waals surface area contributed by atoms with Gasteiger partial charge in [0.2, 0.25) is 0 Å². The predicted octanol–water partition coefficient (Wildman–Crippen LogP) is 2.54. The molecule has 1 aliphatic carbocycles. The lowest BCUT2D eigenvalue weighted by atomic mass is 9.71. The van der Waals surface area contributed by atoms with Gasteiger partial charge in [0, 0.05) is 44.9 Å². The second-order valence-electron chi connectivity index (χ2n) is 8.97. The van der Waals surface area contributed by atoms with E-state index in [1.807, 2.05) is 26.0 Å². The highest BCUT2D eigenvalue weighted by Crippen LogP contribution is 2.44. The van der Waals surface area contributed by atoms with Crippen molar-refractivity contribution in [1.82, 2.24) is 10.3 Å². The summed E-state index contributed by atoms with van der Waals surface area (Å²) in [6.07, 6.45) is 0.421. The molecule has 160 valence electrons. The Labute approximate surface area is 179 Å². The molecule has 2 aliphatic rings.